The standard InChI is InChI=1S/C21H11N7O3S/c29-20-17-15(16-19(32-17)23-11-10-22-16)24-21-26(13-6-8-14(9-7-13)28(30)31)18(25-27(20)21)12-4-2-1-3-5-12/h1-11H. The van der Waals surface area contributed by atoms with Crippen molar-refractivity contribution in [2.45, 2.75) is 0 Å². The van der Waals surface area contributed by atoms with Crippen LogP contribution in [0.1, 0.15) is 0 Å². The first-order valence-corrected chi connectivity index (χ1v) is 10.3. The Labute approximate surface area is 182 Å². The first kappa shape index (κ1) is 18.3. The normalized spacial score (nSPS) is 11.5. The first-order chi connectivity index (χ1) is 15.6. The fraction of sp³-hybridized carbons (Fsp3) is 0. The minimum atomic E-state index is -0.462. The van der Waals surface area contributed by atoms with Crippen molar-refractivity contribution >= 4 is 43.4 Å². The van der Waals surface area contributed by atoms with E-state index < -0.39 is 4.92 Å². The van der Waals surface area contributed by atoms with Crippen LogP contribution in [0.2, 0.25) is 0 Å². The number of hydrogen-bond acceptors (Lipinski definition) is 8. The summed E-state index contributed by atoms with van der Waals surface area (Å²) < 4.78 is 3.37. The van der Waals surface area contributed by atoms with Crippen LogP contribution in [0, 0.1) is 10.1 Å². The number of nitro groups is 1. The SMILES string of the molecule is O=c1c2sc3nccnc3c2nc2n(-c3ccc([N+](=O)[O-])cc3)c(-c3ccccc3)nn12. The van der Waals surface area contributed by atoms with Gasteiger partial charge in [-0.05, 0) is 12.1 Å². The Hall–Kier alpha value is -4.51. The van der Waals surface area contributed by atoms with E-state index in [-0.39, 0.29) is 17.0 Å². The molecule has 0 atom stereocenters. The summed E-state index contributed by atoms with van der Waals surface area (Å²) in [6, 6.07) is 15.4. The highest BCUT2D eigenvalue weighted by molar-refractivity contribution is 7.25. The Bertz CT molecular complexity index is 1720. The number of nitrogens with zero attached hydrogens (tertiary/aromatic N) is 7. The zero-order valence-corrected chi connectivity index (χ0v) is 16.9. The molecule has 10 nitrogen and oxygen atoms in total. The number of benzene rings is 2. The summed E-state index contributed by atoms with van der Waals surface area (Å²) in [5.74, 6) is 0.762. The second-order valence-electron chi connectivity index (χ2n) is 6.92. The average molecular weight is 441 g/mol. The summed E-state index contributed by atoms with van der Waals surface area (Å²) in [5, 5.41) is 15.7. The lowest BCUT2D eigenvalue weighted by Crippen LogP contribution is -2.15. The highest BCUT2D eigenvalue weighted by Crippen LogP contribution is 2.30. The van der Waals surface area contributed by atoms with Gasteiger partial charge < -0.3 is 0 Å². The van der Waals surface area contributed by atoms with E-state index in [1.54, 1.807) is 29.1 Å². The van der Waals surface area contributed by atoms with Crippen molar-refractivity contribution in [1.82, 2.24) is 29.1 Å². The molecule has 11 heteroatoms. The third-order valence-corrected chi connectivity index (χ3v) is 6.11. The third kappa shape index (κ3) is 2.61. The van der Waals surface area contributed by atoms with E-state index in [4.69, 9.17) is 4.98 Å². The highest BCUT2D eigenvalue weighted by atomic mass is 32.1. The molecule has 0 fully saturated rings. The van der Waals surface area contributed by atoms with Crippen LogP contribution in [-0.2, 0) is 0 Å². The van der Waals surface area contributed by atoms with Gasteiger partial charge in [0.05, 0.1) is 10.6 Å². The van der Waals surface area contributed by atoms with Gasteiger partial charge in [-0.25, -0.2) is 15.0 Å². The van der Waals surface area contributed by atoms with Crippen LogP contribution in [-0.4, -0.2) is 34.1 Å². The number of hydrogen-bond donors (Lipinski definition) is 0. The number of fused-ring (bicyclic) bond motifs is 4. The van der Waals surface area contributed by atoms with E-state index in [0.29, 0.717) is 32.1 Å². The monoisotopic (exact) mass is 441 g/mol. The smallest absolute Gasteiger partial charge is 0.266 e. The van der Waals surface area contributed by atoms with Crippen LogP contribution in [0.5, 0.6) is 0 Å². The number of aromatic nitrogens is 6. The van der Waals surface area contributed by atoms with Crippen LogP contribution >= 0.6 is 11.3 Å². The van der Waals surface area contributed by atoms with Gasteiger partial charge in [-0.2, -0.15) is 4.52 Å². The Morgan fingerprint density at radius 3 is 2.44 bits per heavy atom. The molecule has 0 saturated heterocycles. The van der Waals surface area contributed by atoms with Crippen LogP contribution in [0.4, 0.5) is 5.69 Å². The van der Waals surface area contributed by atoms with Crippen LogP contribution in [0.3, 0.4) is 0 Å². The lowest BCUT2D eigenvalue weighted by atomic mass is 10.2. The summed E-state index contributed by atoms with van der Waals surface area (Å²) in [7, 11) is 0. The molecule has 0 spiro atoms. The van der Waals surface area contributed by atoms with E-state index in [1.165, 1.54) is 28.0 Å². The van der Waals surface area contributed by atoms with E-state index in [1.807, 2.05) is 30.3 Å². The number of non-ortho nitro benzene ring substituents is 1. The minimum absolute atomic E-state index is 0.0361. The largest absolute Gasteiger partial charge is 0.293 e. The molecule has 0 aliphatic heterocycles. The molecule has 0 N–H and O–H groups in total. The van der Waals surface area contributed by atoms with Gasteiger partial charge >= 0.3 is 0 Å². The van der Waals surface area contributed by atoms with Crippen LogP contribution in [0.25, 0.3) is 43.4 Å². The fourth-order valence-corrected chi connectivity index (χ4v) is 4.57. The molecule has 0 saturated carbocycles. The van der Waals surface area contributed by atoms with Crippen molar-refractivity contribution in [2.75, 3.05) is 0 Å². The molecule has 0 radical (unpaired) electrons. The second-order valence-corrected chi connectivity index (χ2v) is 7.92. The Morgan fingerprint density at radius 1 is 0.938 bits per heavy atom. The molecule has 0 amide bonds. The molecule has 4 heterocycles. The summed E-state index contributed by atoms with van der Waals surface area (Å²) in [6.07, 6.45) is 3.12. The van der Waals surface area contributed by atoms with Gasteiger partial charge in [-0.15, -0.1) is 16.4 Å². The molecule has 0 unspecified atom stereocenters. The summed E-state index contributed by atoms with van der Waals surface area (Å²) in [4.78, 5) is 38.0. The van der Waals surface area contributed by atoms with Gasteiger partial charge in [0.2, 0.25) is 5.78 Å². The Kier molecular flexibility index (Phi) is 3.86. The van der Waals surface area contributed by atoms with Crippen molar-refractivity contribution < 1.29 is 4.92 Å². The molecular weight excluding hydrogens is 430 g/mol. The molecule has 2 aromatic carbocycles. The summed E-state index contributed by atoms with van der Waals surface area (Å²) in [6.45, 7) is 0. The molecule has 32 heavy (non-hydrogen) atoms. The average Bonchev–Trinajstić information content (AvgIpc) is 3.39. The van der Waals surface area contributed by atoms with E-state index in [0.717, 1.165) is 5.56 Å². The first-order valence-electron chi connectivity index (χ1n) is 9.47. The lowest BCUT2D eigenvalue weighted by molar-refractivity contribution is -0.384. The summed E-state index contributed by atoms with van der Waals surface area (Å²) in [5.41, 5.74) is 1.99. The Balaban J connectivity index is 1.74. The second kappa shape index (κ2) is 6.75. The van der Waals surface area contributed by atoms with Gasteiger partial charge in [0.25, 0.3) is 11.2 Å². The van der Waals surface area contributed by atoms with Gasteiger partial charge in [0.15, 0.2) is 5.82 Å². The van der Waals surface area contributed by atoms with Crippen molar-refractivity contribution in [3.63, 3.8) is 0 Å². The summed E-state index contributed by atoms with van der Waals surface area (Å²) >= 11 is 1.22. The predicted octanol–water partition coefficient (Wildman–Crippen LogP) is 3.61. The molecular formula is C21H11N7O3S. The molecule has 6 aromatic rings. The van der Waals surface area contributed by atoms with Crippen LogP contribution in [0.15, 0.2) is 71.8 Å². The lowest BCUT2D eigenvalue weighted by Gasteiger charge is -2.07. The number of nitro benzene ring substituents is 1. The van der Waals surface area contributed by atoms with Gasteiger partial charge in [0.1, 0.15) is 20.6 Å². The molecule has 0 aliphatic carbocycles. The van der Waals surface area contributed by atoms with Gasteiger partial charge in [0, 0.05) is 30.1 Å². The van der Waals surface area contributed by atoms with Crippen molar-refractivity contribution in [2.24, 2.45) is 0 Å². The fourth-order valence-electron chi connectivity index (χ4n) is 3.60. The quantitative estimate of drug-likeness (QED) is 0.304. The van der Waals surface area contributed by atoms with E-state index >= 15 is 0 Å². The number of rotatable bonds is 3. The van der Waals surface area contributed by atoms with Crippen LogP contribution < -0.4 is 5.56 Å². The maximum Gasteiger partial charge on any atom is 0.293 e. The Morgan fingerprint density at radius 2 is 1.69 bits per heavy atom. The molecule has 4 aromatic heterocycles. The number of thiophene rings is 1. The molecule has 154 valence electrons. The van der Waals surface area contributed by atoms with Gasteiger partial charge in [-0.1, -0.05) is 30.3 Å². The van der Waals surface area contributed by atoms with Crippen molar-refractivity contribution in [3.8, 4) is 17.1 Å². The maximum atomic E-state index is 13.3. The van der Waals surface area contributed by atoms with Crippen molar-refractivity contribution in [1.29, 1.82) is 0 Å². The van der Waals surface area contributed by atoms with E-state index in [9.17, 15) is 14.9 Å². The zero-order valence-electron chi connectivity index (χ0n) is 16.1. The maximum absolute atomic E-state index is 13.3. The molecule has 0 bridgehead atoms. The van der Waals surface area contributed by atoms with Crippen molar-refractivity contribution in [3.05, 3.63) is 87.5 Å². The zero-order chi connectivity index (χ0) is 21.8. The molecule has 6 rings (SSSR count). The third-order valence-electron chi connectivity index (χ3n) is 5.05. The molecule has 0 aliphatic rings. The minimum Gasteiger partial charge on any atom is -0.266 e. The predicted molar refractivity (Wildman–Crippen MR) is 119 cm³/mol. The van der Waals surface area contributed by atoms with E-state index in [2.05, 4.69) is 15.1 Å². The van der Waals surface area contributed by atoms with Gasteiger partial charge in [-0.3, -0.25) is 19.5 Å². The topological polar surface area (TPSA) is 121 Å². The highest BCUT2D eigenvalue weighted by Gasteiger charge is 2.22.